The second-order valence-corrected chi connectivity index (χ2v) is 16.8. The number of aliphatic hydroxyl groups is 4. The third-order valence-electron chi connectivity index (χ3n) is 11.4. The van der Waals surface area contributed by atoms with Crippen LogP contribution in [0.4, 0.5) is 16.2 Å². The summed E-state index contributed by atoms with van der Waals surface area (Å²) in [7, 11) is 3.45. The van der Waals surface area contributed by atoms with E-state index in [0.29, 0.717) is 45.4 Å². The Hall–Kier alpha value is -4.55. The highest BCUT2D eigenvalue weighted by Gasteiger charge is 2.45. The number of rotatable bonds is 11. The number of carbonyl (C=O) groups is 3. The molecule has 60 heavy (non-hydrogen) atoms. The van der Waals surface area contributed by atoms with Crippen LogP contribution in [0.15, 0.2) is 72.8 Å². The number of thiophene rings is 1. The van der Waals surface area contributed by atoms with Crippen LogP contribution in [0.1, 0.15) is 42.3 Å². The molecule has 0 radical (unpaired) electrons. The molecule has 1 saturated heterocycles. The predicted octanol–water partition coefficient (Wildman–Crippen LogP) is 4.85. The zero-order valence-corrected chi connectivity index (χ0v) is 35.0. The third kappa shape index (κ3) is 7.45. The van der Waals surface area contributed by atoms with Gasteiger partial charge in [-0.2, -0.15) is 0 Å². The molecule has 5 aromatic rings. The van der Waals surface area contributed by atoms with Crippen molar-refractivity contribution in [1.82, 2.24) is 10.2 Å². The maximum absolute atomic E-state index is 14.5. The van der Waals surface area contributed by atoms with Gasteiger partial charge in [-0.15, -0.1) is 34.5 Å². The average Bonchev–Trinajstić information content (AvgIpc) is 4.01. The van der Waals surface area contributed by atoms with Crippen molar-refractivity contribution < 1.29 is 49.0 Å². The molecule has 4 aromatic carbocycles. The number of ether oxygens (including phenoxy) is 3. The average molecular weight is 880 g/mol. The molecule has 8 rings (SSSR count). The Bertz CT molecular complexity index is 2450. The Morgan fingerprint density at radius 1 is 0.800 bits per heavy atom. The van der Waals surface area contributed by atoms with Gasteiger partial charge in [-0.05, 0) is 41.1 Å². The normalized spacial score (nSPS) is 23.5. The Morgan fingerprint density at radius 2 is 1.32 bits per heavy atom. The standard InChI is InChI=1S/C43H44Cl2N4O10S/c1-46-13-14-47(2)43(56)59-31-16-29-36(27-10-6-4-8-25(27)31)23(18-45)20-49(29)41(55)34-12-11-33(60-34)40(54)48-19-22(17-44)35-26-9-5-3-7-24(26)30(15-28(35)48)57-42-39(53)38(52)37(51)32(21-50)58-42/h3-12,15-16,22-23,32,37-39,42,46,50-53H,13-14,17-21H2,1-2H3. The van der Waals surface area contributed by atoms with Gasteiger partial charge < -0.3 is 54.7 Å². The molecule has 14 nitrogen and oxygen atoms in total. The maximum Gasteiger partial charge on any atom is 0.415 e. The number of benzene rings is 4. The highest BCUT2D eigenvalue weighted by molar-refractivity contribution is 7.16. The van der Waals surface area contributed by atoms with Crippen LogP contribution in [0.2, 0.25) is 0 Å². The molecule has 0 saturated carbocycles. The molecule has 316 valence electrons. The fraction of sp³-hybridized carbons (Fsp3) is 0.372. The first-order chi connectivity index (χ1) is 29.0. The summed E-state index contributed by atoms with van der Waals surface area (Å²) in [6.45, 7) is 0.906. The van der Waals surface area contributed by atoms with E-state index in [1.807, 2.05) is 48.5 Å². The van der Waals surface area contributed by atoms with E-state index in [1.165, 1.54) is 4.90 Å². The minimum Gasteiger partial charge on any atom is -0.461 e. The summed E-state index contributed by atoms with van der Waals surface area (Å²) in [5, 5.41) is 47.2. The van der Waals surface area contributed by atoms with Gasteiger partial charge in [0.1, 0.15) is 35.9 Å². The number of aliphatic hydroxyl groups excluding tert-OH is 4. The number of nitrogens with zero attached hydrogens (tertiary/aromatic N) is 3. The van der Waals surface area contributed by atoms with Crippen molar-refractivity contribution in [3.05, 3.63) is 93.7 Å². The number of nitrogens with one attached hydrogen (secondary N) is 1. The molecule has 4 heterocycles. The number of likely N-dealkylation sites (N-methyl/N-ethyl adjacent to an activating group) is 2. The van der Waals surface area contributed by atoms with Crippen molar-refractivity contribution in [3.63, 3.8) is 0 Å². The number of fused-ring (bicyclic) bond motifs is 6. The number of hydrogen-bond acceptors (Lipinski definition) is 12. The van der Waals surface area contributed by atoms with Crippen LogP contribution < -0.4 is 24.6 Å². The van der Waals surface area contributed by atoms with Crippen molar-refractivity contribution >= 4 is 85.4 Å². The number of alkyl halides is 2. The molecule has 0 bridgehead atoms. The number of hydrogen-bond donors (Lipinski definition) is 5. The van der Waals surface area contributed by atoms with Gasteiger partial charge in [0.15, 0.2) is 0 Å². The summed E-state index contributed by atoms with van der Waals surface area (Å²) in [6, 6.07) is 21.5. The van der Waals surface area contributed by atoms with Crippen LogP contribution in [-0.4, -0.2) is 133 Å². The number of halogens is 2. The molecule has 0 spiro atoms. The largest absolute Gasteiger partial charge is 0.461 e. The molecule has 5 N–H and O–H groups in total. The second kappa shape index (κ2) is 17.4. The van der Waals surface area contributed by atoms with Gasteiger partial charge >= 0.3 is 6.09 Å². The monoisotopic (exact) mass is 878 g/mol. The Kier molecular flexibility index (Phi) is 12.3. The lowest BCUT2D eigenvalue weighted by molar-refractivity contribution is -0.277. The molecule has 3 aliphatic rings. The van der Waals surface area contributed by atoms with Crippen LogP contribution in [-0.2, 0) is 4.74 Å². The number of carbonyl (C=O) groups excluding carboxylic acids is 3. The molecule has 3 aliphatic heterocycles. The highest BCUT2D eigenvalue weighted by atomic mass is 35.5. The zero-order chi connectivity index (χ0) is 42.4. The van der Waals surface area contributed by atoms with Crippen molar-refractivity contribution in [3.8, 4) is 11.5 Å². The van der Waals surface area contributed by atoms with Gasteiger partial charge in [-0.3, -0.25) is 9.59 Å². The molecular formula is C43H44Cl2N4O10S. The third-order valence-corrected chi connectivity index (χ3v) is 13.3. The van der Waals surface area contributed by atoms with Crippen molar-refractivity contribution in [2.75, 3.05) is 68.4 Å². The molecule has 7 unspecified atom stereocenters. The molecule has 0 aliphatic carbocycles. The van der Waals surface area contributed by atoms with E-state index in [4.69, 9.17) is 37.4 Å². The maximum atomic E-state index is 14.5. The zero-order valence-electron chi connectivity index (χ0n) is 32.7. The van der Waals surface area contributed by atoms with E-state index < -0.39 is 43.4 Å². The van der Waals surface area contributed by atoms with Crippen molar-refractivity contribution in [2.24, 2.45) is 0 Å². The molecule has 1 fully saturated rings. The summed E-state index contributed by atoms with van der Waals surface area (Å²) in [5.41, 5.74) is 2.78. The van der Waals surface area contributed by atoms with Gasteiger partial charge in [0.2, 0.25) is 6.29 Å². The lowest BCUT2D eigenvalue weighted by atomic mass is 9.95. The van der Waals surface area contributed by atoms with Crippen LogP contribution in [0, 0.1) is 0 Å². The summed E-state index contributed by atoms with van der Waals surface area (Å²) >= 11 is 14.1. The van der Waals surface area contributed by atoms with Gasteiger partial charge in [0.25, 0.3) is 11.8 Å². The van der Waals surface area contributed by atoms with E-state index in [1.54, 1.807) is 48.2 Å². The minimum atomic E-state index is -1.65. The smallest absolute Gasteiger partial charge is 0.415 e. The van der Waals surface area contributed by atoms with Gasteiger partial charge in [0, 0.05) is 79.7 Å². The molecule has 17 heteroatoms. The first-order valence-electron chi connectivity index (χ1n) is 19.5. The van der Waals surface area contributed by atoms with Crippen LogP contribution in [0.5, 0.6) is 11.5 Å². The number of amides is 3. The molecule has 1 aromatic heterocycles. The SMILES string of the molecule is CNCCN(C)C(=O)Oc1cc2c(c3ccccc13)C(CCl)CN2C(=O)c1ccc(C(=O)N2CC(CCl)c3c2cc(OC2OC(CO)C(O)C(O)C2O)c2ccccc32)s1. The van der Waals surface area contributed by atoms with Crippen LogP contribution in [0.3, 0.4) is 0 Å². The minimum absolute atomic E-state index is 0.205. The van der Waals surface area contributed by atoms with Crippen LogP contribution >= 0.6 is 34.5 Å². The highest BCUT2D eigenvalue weighted by Crippen LogP contribution is 2.48. The topological polar surface area (TPSA) is 182 Å². The van der Waals surface area contributed by atoms with E-state index in [9.17, 15) is 34.8 Å². The Labute approximate surface area is 359 Å². The summed E-state index contributed by atoms with van der Waals surface area (Å²) in [4.78, 5) is 47.4. The molecule has 3 amide bonds. The quantitative estimate of drug-likeness (QED) is 0.115. The van der Waals surface area contributed by atoms with E-state index in [-0.39, 0.29) is 54.2 Å². The predicted molar refractivity (Wildman–Crippen MR) is 229 cm³/mol. The van der Waals surface area contributed by atoms with Crippen molar-refractivity contribution in [1.29, 1.82) is 0 Å². The summed E-state index contributed by atoms with van der Waals surface area (Å²) in [5.74, 6) is -0.185. The van der Waals surface area contributed by atoms with E-state index in [2.05, 4.69) is 5.32 Å². The lowest BCUT2D eigenvalue weighted by Gasteiger charge is -2.39. The molecule has 7 atom stereocenters. The molecular weight excluding hydrogens is 835 g/mol. The lowest BCUT2D eigenvalue weighted by Crippen LogP contribution is -2.60. The van der Waals surface area contributed by atoms with E-state index in [0.717, 1.165) is 38.6 Å². The van der Waals surface area contributed by atoms with Gasteiger partial charge in [-0.25, -0.2) is 4.79 Å². The Balaban J connectivity index is 1.10. The number of anilines is 2. The van der Waals surface area contributed by atoms with Crippen molar-refractivity contribution in [2.45, 2.75) is 42.5 Å². The summed E-state index contributed by atoms with van der Waals surface area (Å²) in [6.07, 6.45) is -8.04. The van der Waals surface area contributed by atoms with Crippen LogP contribution in [0.25, 0.3) is 21.5 Å². The second-order valence-electron chi connectivity index (χ2n) is 15.1. The van der Waals surface area contributed by atoms with Gasteiger partial charge in [0.05, 0.1) is 27.7 Å². The van der Waals surface area contributed by atoms with E-state index >= 15 is 0 Å². The summed E-state index contributed by atoms with van der Waals surface area (Å²) < 4.78 is 17.8. The Morgan fingerprint density at radius 3 is 1.83 bits per heavy atom. The fourth-order valence-electron chi connectivity index (χ4n) is 8.31. The first-order valence-corrected chi connectivity index (χ1v) is 21.4. The fourth-order valence-corrected chi connectivity index (χ4v) is 9.72. The van der Waals surface area contributed by atoms with Gasteiger partial charge in [-0.1, -0.05) is 48.5 Å². The first kappa shape index (κ1) is 42.2.